The van der Waals surface area contributed by atoms with Crippen molar-refractivity contribution in [2.45, 2.75) is 37.4 Å². The van der Waals surface area contributed by atoms with Gasteiger partial charge in [-0.3, -0.25) is 9.59 Å². The normalized spacial score (nSPS) is 16.3. The molecular weight excluding hydrogens is 272 g/mol. The average Bonchev–Trinajstić information content (AvgIpc) is 2.68. The predicted molar refractivity (Wildman–Crippen MR) is 66.4 cm³/mol. The van der Waals surface area contributed by atoms with Crippen molar-refractivity contribution in [3.8, 4) is 0 Å². The second kappa shape index (κ2) is 5.66. The Morgan fingerprint density at radius 2 is 1.88 bits per heavy atom. The highest BCUT2D eigenvalue weighted by Gasteiger charge is 2.23. The van der Waals surface area contributed by atoms with Crippen LogP contribution in [0.4, 0.5) is 0 Å². The molecule has 0 radical (unpaired) electrons. The zero-order valence-electron chi connectivity index (χ0n) is 9.88. The van der Waals surface area contributed by atoms with Gasteiger partial charge in [-0.1, -0.05) is 15.9 Å². The monoisotopic (exact) mass is 290 g/mol. The largest absolute Gasteiger partial charge is 0.354 e. The van der Waals surface area contributed by atoms with Gasteiger partial charge in [0.2, 0.25) is 11.8 Å². The van der Waals surface area contributed by atoms with Crippen LogP contribution in [0.2, 0.25) is 0 Å². The minimum Gasteiger partial charge on any atom is -0.354 e. The number of nitrogens with zero attached hydrogens (tertiary/aromatic N) is 1. The summed E-state index contributed by atoms with van der Waals surface area (Å²) in [6.45, 7) is 5.73. The Balaban J connectivity index is 2.20. The van der Waals surface area contributed by atoms with E-state index in [0.29, 0.717) is 13.0 Å². The Morgan fingerprint density at radius 1 is 1.31 bits per heavy atom. The molecule has 92 valence electrons. The smallest absolute Gasteiger partial charge is 0.236 e. The molecule has 1 fully saturated rings. The summed E-state index contributed by atoms with van der Waals surface area (Å²) in [4.78, 5) is 25.0. The lowest BCUT2D eigenvalue weighted by Crippen LogP contribution is -2.39. The van der Waals surface area contributed by atoms with Gasteiger partial charge in [0.1, 0.15) is 0 Å². The molecule has 0 atom stereocenters. The summed E-state index contributed by atoms with van der Waals surface area (Å²) in [5.41, 5.74) is 0. The first kappa shape index (κ1) is 13.5. The van der Waals surface area contributed by atoms with Crippen LogP contribution in [-0.4, -0.2) is 40.7 Å². The first-order valence-electron chi connectivity index (χ1n) is 5.66. The van der Waals surface area contributed by atoms with Gasteiger partial charge in [-0.15, -0.1) is 0 Å². The predicted octanol–water partition coefficient (Wildman–Crippen LogP) is 1.29. The van der Waals surface area contributed by atoms with Crippen LogP contribution in [0.25, 0.3) is 0 Å². The third kappa shape index (κ3) is 4.12. The molecule has 1 aliphatic heterocycles. The second-order valence-electron chi connectivity index (χ2n) is 4.57. The molecule has 5 heteroatoms. The van der Waals surface area contributed by atoms with Gasteiger partial charge >= 0.3 is 0 Å². The van der Waals surface area contributed by atoms with Gasteiger partial charge in [-0.25, -0.2) is 0 Å². The summed E-state index contributed by atoms with van der Waals surface area (Å²) in [5, 5.41) is 2.74. The number of hydrogen-bond donors (Lipinski definition) is 1. The molecule has 0 unspecified atom stereocenters. The summed E-state index contributed by atoms with van der Waals surface area (Å²) in [6.07, 6.45) is 2.61. The van der Waals surface area contributed by atoms with Gasteiger partial charge in [0.05, 0.1) is 4.32 Å². The maximum absolute atomic E-state index is 11.6. The summed E-state index contributed by atoms with van der Waals surface area (Å²) < 4.78 is -0.566. The molecule has 16 heavy (non-hydrogen) atoms. The average molecular weight is 291 g/mol. The van der Waals surface area contributed by atoms with E-state index in [0.717, 1.165) is 25.9 Å². The molecule has 1 aliphatic rings. The van der Waals surface area contributed by atoms with E-state index in [1.165, 1.54) is 0 Å². The van der Waals surface area contributed by atoms with E-state index in [1.807, 2.05) is 4.90 Å². The Morgan fingerprint density at radius 3 is 2.38 bits per heavy atom. The number of carbonyl (C=O) groups is 2. The Labute approximate surface area is 105 Å². The zero-order chi connectivity index (χ0) is 12.2. The number of amides is 2. The molecule has 1 rings (SSSR count). The molecular formula is C11H19BrN2O2. The first-order chi connectivity index (χ1) is 7.41. The van der Waals surface area contributed by atoms with Crippen molar-refractivity contribution in [3.63, 3.8) is 0 Å². The Kier molecular flexibility index (Phi) is 4.77. The van der Waals surface area contributed by atoms with Crippen molar-refractivity contribution in [1.82, 2.24) is 10.2 Å². The fourth-order valence-electron chi connectivity index (χ4n) is 1.62. The molecule has 0 aliphatic carbocycles. The Bertz CT molecular complexity index is 268. The Hall–Kier alpha value is -0.580. The van der Waals surface area contributed by atoms with Crippen LogP contribution in [-0.2, 0) is 9.59 Å². The van der Waals surface area contributed by atoms with E-state index in [1.54, 1.807) is 13.8 Å². The van der Waals surface area contributed by atoms with E-state index in [4.69, 9.17) is 0 Å². The maximum Gasteiger partial charge on any atom is 0.236 e. The van der Waals surface area contributed by atoms with Gasteiger partial charge in [-0.05, 0) is 26.7 Å². The lowest BCUT2D eigenvalue weighted by molar-refractivity contribution is -0.130. The molecule has 0 bridgehead atoms. The molecule has 0 aromatic rings. The minimum atomic E-state index is -0.566. The molecule has 1 heterocycles. The fourth-order valence-corrected chi connectivity index (χ4v) is 1.76. The van der Waals surface area contributed by atoms with Crippen LogP contribution in [0, 0.1) is 0 Å². The van der Waals surface area contributed by atoms with Crippen LogP contribution in [0.3, 0.4) is 0 Å². The third-order valence-corrected chi connectivity index (χ3v) is 2.98. The lowest BCUT2D eigenvalue weighted by atomic mass is 10.2. The molecule has 1 N–H and O–H groups in total. The highest BCUT2D eigenvalue weighted by Crippen LogP contribution is 2.15. The molecule has 0 saturated carbocycles. The van der Waals surface area contributed by atoms with Gasteiger partial charge in [0.15, 0.2) is 0 Å². The maximum atomic E-state index is 11.6. The van der Waals surface area contributed by atoms with Crippen molar-refractivity contribution in [2.75, 3.05) is 19.6 Å². The van der Waals surface area contributed by atoms with E-state index >= 15 is 0 Å². The highest BCUT2D eigenvalue weighted by atomic mass is 79.9. The lowest BCUT2D eigenvalue weighted by Gasteiger charge is -2.18. The summed E-state index contributed by atoms with van der Waals surface area (Å²) >= 11 is 3.27. The number of alkyl halides is 1. The minimum absolute atomic E-state index is 0.0817. The second-order valence-corrected chi connectivity index (χ2v) is 6.55. The van der Waals surface area contributed by atoms with Crippen LogP contribution in [0.5, 0.6) is 0 Å². The quantitative estimate of drug-likeness (QED) is 0.793. The summed E-state index contributed by atoms with van der Waals surface area (Å²) in [7, 11) is 0. The number of carbonyl (C=O) groups excluding carboxylic acids is 2. The van der Waals surface area contributed by atoms with Crippen LogP contribution >= 0.6 is 15.9 Å². The molecule has 2 amide bonds. The standard InChI is InChI=1S/C11H19BrN2O2/c1-11(2,12)10(16)13-6-5-9(15)14-7-3-4-8-14/h3-8H2,1-2H3,(H,13,16). The summed E-state index contributed by atoms with van der Waals surface area (Å²) in [5.74, 6) is 0.0619. The van der Waals surface area contributed by atoms with Crippen molar-refractivity contribution in [2.24, 2.45) is 0 Å². The number of rotatable bonds is 4. The van der Waals surface area contributed by atoms with E-state index in [-0.39, 0.29) is 11.8 Å². The van der Waals surface area contributed by atoms with Gasteiger partial charge in [-0.2, -0.15) is 0 Å². The first-order valence-corrected chi connectivity index (χ1v) is 6.45. The van der Waals surface area contributed by atoms with Gasteiger partial charge < -0.3 is 10.2 Å². The summed E-state index contributed by atoms with van der Waals surface area (Å²) in [6, 6.07) is 0. The molecule has 4 nitrogen and oxygen atoms in total. The van der Waals surface area contributed by atoms with Crippen molar-refractivity contribution < 1.29 is 9.59 Å². The van der Waals surface area contributed by atoms with E-state index in [2.05, 4.69) is 21.2 Å². The zero-order valence-corrected chi connectivity index (χ0v) is 11.5. The SMILES string of the molecule is CC(C)(Br)C(=O)NCCC(=O)N1CCCC1. The van der Waals surface area contributed by atoms with Crippen LogP contribution < -0.4 is 5.32 Å². The van der Waals surface area contributed by atoms with Crippen LogP contribution in [0.15, 0.2) is 0 Å². The van der Waals surface area contributed by atoms with E-state index in [9.17, 15) is 9.59 Å². The number of nitrogens with one attached hydrogen (secondary N) is 1. The molecule has 1 saturated heterocycles. The fraction of sp³-hybridized carbons (Fsp3) is 0.818. The number of halogens is 1. The number of likely N-dealkylation sites (tertiary alicyclic amines) is 1. The van der Waals surface area contributed by atoms with Crippen molar-refractivity contribution >= 4 is 27.7 Å². The van der Waals surface area contributed by atoms with Crippen molar-refractivity contribution in [3.05, 3.63) is 0 Å². The van der Waals surface area contributed by atoms with Gasteiger partial charge in [0, 0.05) is 26.1 Å². The molecule has 0 aromatic carbocycles. The van der Waals surface area contributed by atoms with E-state index < -0.39 is 4.32 Å². The molecule has 0 spiro atoms. The topological polar surface area (TPSA) is 49.4 Å². The van der Waals surface area contributed by atoms with Crippen LogP contribution in [0.1, 0.15) is 33.1 Å². The number of hydrogen-bond acceptors (Lipinski definition) is 2. The van der Waals surface area contributed by atoms with Crippen molar-refractivity contribution in [1.29, 1.82) is 0 Å². The third-order valence-electron chi connectivity index (χ3n) is 2.62. The molecule has 0 aromatic heterocycles. The van der Waals surface area contributed by atoms with Gasteiger partial charge in [0.25, 0.3) is 0 Å². The highest BCUT2D eigenvalue weighted by molar-refractivity contribution is 9.10.